The van der Waals surface area contributed by atoms with E-state index in [1.54, 1.807) is 5.10 Å². The van der Waals surface area contributed by atoms with E-state index in [-0.39, 0.29) is 17.8 Å². The Morgan fingerprint density at radius 2 is 1.95 bits per heavy atom. The first-order valence-corrected chi connectivity index (χ1v) is 6.95. The molecule has 2 fully saturated rings. The number of fused-ring (bicyclic) bond motifs is 2. The maximum absolute atomic E-state index is 12.4. The number of H-pyrrole nitrogens is 1. The lowest BCUT2D eigenvalue weighted by molar-refractivity contribution is -0.144. The number of carbonyl (C=O) groups excluding carboxylic acids is 1. The third-order valence-corrected chi connectivity index (χ3v) is 4.05. The monoisotopic (exact) mass is 303 g/mol. The first-order chi connectivity index (χ1) is 9.90. The van der Waals surface area contributed by atoms with Gasteiger partial charge in [-0.1, -0.05) is 0 Å². The van der Waals surface area contributed by atoms with Crippen LogP contribution in [0, 0.1) is 5.92 Å². The van der Waals surface area contributed by atoms with Crippen LogP contribution >= 0.6 is 0 Å². The Morgan fingerprint density at radius 1 is 1.29 bits per heavy atom. The molecule has 116 valence electrons. The molecule has 0 aliphatic carbocycles. The summed E-state index contributed by atoms with van der Waals surface area (Å²) in [4.78, 5) is 15.1. The molecule has 2 atom stereocenters. The molecule has 2 bridgehead atoms. The molecule has 1 aromatic heterocycles. The van der Waals surface area contributed by atoms with E-state index in [9.17, 15) is 18.0 Å². The molecule has 3 heterocycles. The summed E-state index contributed by atoms with van der Waals surface area (Å²) in [5.41, 5.74) is 0. The van der Waals surface area contributed by atoms with Crippen LogP contribution in [0.2, 0.25) is 0 Å². The molecule has 1 amide bonds. The van der Waals surface area contributed by atoms with Gasteiger partial charge in [0.1, 0.15) is 0 Å². The van der Waals surface area contributed by atoms with Crippen molar-refractivity contribution >= 4 is 11.9 Å². The lowest BCUT2D eigenvalue weighted by Gasteiger charge is -2.28. The number of nitrogens with one attached hydrogen (secondary N) is 3. The normalized spacial score (nSPS) is 28.6. The van der Waals surface area contributed by atoms with Gasteiger partial charge >= 0.3 is 6.18 Å². The summed E-state index contributed by atoms with van der Waals surface area (Å²) in [5.74, 6) is -1.61. The SMILES string of the molecule is O=C(CC1CC2CCC(C1)N2)Nc1n[nH]c(C(F)(F)F)n1. The number of piperidine rings is 1. The van der Waals surface area contributed by atoms with Gasteiger partial charge < -0.3 is 5.32 Å². The van der Waals surface area contributed by atoms with Crippen LogP contribution in [0.4, 0.5) is 19.1 Å². The highest BCUT2D eigenvalue weighted by molar-refractivity contribution is 5.89. The number of anilines is 1. The summed E-state index contributed by atoms with van der Waals surface area (Å²) in [5, 5.41) is 10.9. The number of amides is 1. The molecule has 1 aromatic rings. The van der Waals surface area contributed by atoms with E-state index in [4.69, 9.17) is 0 Å². The number of aromatic amines is 1. The molecule has 9 heteroatoms. The van der Waals surface area contributed by atoms with Crippen molar-refractivity contribution in [3.05, 3.63) is 5.82 Å². The standard InChI is InChI=1S/C12H16F3N5O/c13-12(14,15)10-18-11(20-19-10)17-9(21)5-6-3-7-1-2-8(4-6)16-7/h6-8,16H,1-5H2,(H2,17,18,19,20,21). The van der Waals surface area contributed by atoms with Crippen molar-refractivity contribution < 1.29 is 18.0 Å². The molecule has 0 spiro atoms. The molecule has 21 heavy (non-hydrogen) atoms. The lowest BCUT2D eigenvalue weighted by Crippen LogP contribution is -2.39. The molecule has 2 aliphatic heterocycles. The predicted molar refractivity (Wildman–Crippen MR) is 67.3 cm³/mol. The molecule has 2 aliphatic rings. The van der Waals surface area contributed by atoms with Gasteiger partial charge in [-0.05, 0) is 31.6 Å². The van der Waals surface area contributed by atoms with Crippen LogP contribution < -0.4 is 10.6 Å². The van der Waals surface area contributed by atoms with Crippen molar-refractivity contribution in [2.75, 3.05) is 5.32 Å². The van der Waals surface area contributed by atoms with E-state index in [1.165, 1.54) is 0 Å². The minimum absolute atomic E-state index is 0.268. The Labute approximate surface area is 118 Å². The fourth-order valence-electron chi connectivity index (χ4n) is 3.22. The van der Waals surface area contributed by atoms with Crippen LogP contribution in [0.1, 0.15) is 37.9 Å². The number of nitrogens with zero attached hydrogens (tertiary/aromatic N) is 2. The van der Waals surface area contributed by atoms with E-state index in [2.05, 4.69) is 20.7 Å². The highest BCUT2D eigenvalue weighted by Crippen LogP contribution is 2.32. The zero-order valence-electron chi connectivity index (χ0n) is 11.2. The molecular weight excluding hydrogens is 287 g/mol. The van der Waals surface area contributed by atoms with E-state index in [1.807, 2.05) is 0 Å². The topological polar surface area (TPSA) is 82.7 Å². The van der Waals surface area contributed by atoms with Crippen LogP contribution in [0.3, 0.4) is 0 Å². The van der Waals surface area contributed by atoms with Crippen molar-refractivity contribution in [2.45, 2.75) is 50.4 Å². The molecule has 3 rings (SSSR count). The molecule has 2 saturated heterocycles. The minimum Gasteiger partial charge on any atom is -0.311 e. The van der Waals surface area contributed by atoms with Gasteiger partial charge in [0, 0.05) is 18.5 Å². The largest absolute Gasteiger partial charge is 0.451 e. The van der Waals surface area contributed by atoms with Crippen molar-refractivity contribution in [3.63, 3.8) is 0 Å². The molecule has 0 radical (unpaired) electrons. The summed E-state index contributed by atoms with van der Waals surface area (Å²) in [6.07, 6.45) is -0.149. The highest BCUT2D eigenvalue weighted by atomic mass is 19.4. The van der Waals surface area contributed by atoms with Gasteiger partial charge in [-0.25, -0.2) is 0 Å². The van der Waals surface area contributed by atoms with Crippen LogP contribution in [-0.4, -0.2) is 33.2 Å². The van der Waals surface area contributed by atoms with Gasteiger partial charge in [0.25, 0.3) is 0 Å². The maximum atomic E-state index is 12.4. The highest BCUT2D eigenvalue weighted by Gasteiger charge is 2.36. The first kappa shape index (κ1) is 14.3. The lowest BCUT2D eigenvalue weighted by atomic mass is 9.89. The van der Waals surface area contributed by atoms with E-state index in [0.29, 0.717) is 18.5 Å². The van der Waals surface area contributed by atoms with Gasteiger partial charge in [-0.2, -0.15) is 18.2 Å². The summed E-state index contributed by atoms with van der Waals surface area (Å²) >= 11 is 0. The van der Waals surface area contributed by atoms with Gasteiger partial charge in [0.15, 0.2) is 0 Å². The van der Waals surface area contributed by atoms with Crippen molar-refractivity contribution in [3.8, 4) is 0 Å². The molecule has 0 saturated carbocycles. The molecule has 6 nitrogen and oxygen atoms in total. The molecule has 0 aromatic carbocycles. The van der Waals surface area contributed by atoms with E-state index < -0.39 is 12.0 Å². The van der Waals surface area contributed by atoms with Crippen molar-refractivity contribution in [1.29, 1.82) is 0 Å². The van der Waals surface area contributed by atoms with E-state index >= 15 is 0 Å². The second-order valence-electron chi connectivity index (χ2n) is 5.73. The minimum atomic E-state index is -4.59. The number of alkyl halides is 3. The van der Waals surface area contributed by atoms with E-state index in [0.717, 1.165) is 25.7 Å². The Kier molecular flexibility index (Phi) is 3.60. The molecule has 3 N–H and O–H groups in total. The average molecular weight is 303 g/mol. The number of halogens is 3. The van der Waals surface area contributed by atoms with Crippen LogP contribution in [0.25, 0.3) is 0 Å². The van der Waals surface area contributed by atoms with Gasteiger partial charge in [0.05, 0.1) is 0 Å². The van der Waals surface area contributed by atoms with Gasteiger partial charge in [-0.15, -0.1) is 5.10 Å². The summed E-state index contributed by atoms with van der Waals surface area (Å²) < 4.78 is 37.1. The smallest absolute Gasteiger partial charge is 0.311 e. The summed E-state index contributed by atoms with van der Waals surface area (Å²) in [6.45, 7) is 0. The fourth-order valence-corrected chi connectivity index (χ4v) is 3.22. The zero-order chi connectivity index (χ0) is 15.0. The van der Waals surface area contributed by atoms with Crippen molar-refractivity contribution in [2.24, 2.45) is 5.92 Å². The number of carbonyl (C=O) groups is 1. The maximum Gasteiger partial charge on any atom is 0.451 e. The predicted octanol–water partition coefficient (Wildman–Crippen LogP) is 1.68. The van der Waals surface area contributed by atoms with Crippen LogP contribution in [0.15, 0.2) is 0 Å². The molecule has 2 unspecified atom stereocenters. The third-order valence-electron chi connectivity index (χ3n) is 4.05. The van der Waals surface area contributed by atoms with Gasteiger partial charge in [-0.3, -0.25) is 15.2 Å². The zero-order valence-corrected chi connectivity index (χ0v) is 11.2. The number of hydrogen-bond acceptors (Lipinski definition) is 4. The first-order valence-electron chi connectivity index (χ1n) is 6.95. The Balaban J connectivity index is 1.53. The average Bonchev–Trinajstić information content (AvgIpc) is 2.96. The second kappa shape index (κ2) is 5.28. The van der Waals surface area contributed by atoms with Crippen molar-refractivity contribution in [1.82, 2.24) is 20.5 Å². The summed E-state index contributed by atoms with van der Waals surface area (Å²) in [7, 11) is 0. The Hall–Kier alpha value is -1.64. The van der Waals surface area contributed by atoms with Crippen LogP contribution in [-0.2, 0) is 11.0 Å². The third kappa shape index (κ3) is 3.34. The van der Waals surface area contributed by atoms with Crippen LogP contribution in [0.5, 0.6) is 0 Å². The fraction of sp³-hybridized carbons (Fsp3) is 0.750. The Bertz CT molecular complexity index is 517. The summed E-state index contributed by atoms with van der Waals surface area (Å²) in [6, 6.07) is 0.948. The number of rotatable bonds is 3. The van der Waals surface area contributed by atoms with Gasteiger partial charge in [0.2, 0.25) is 17.7 Å². The number of aromatic nitrogens is 3. The quantitative estimate of drug-likeness (QED) is 0.793. The Morgan fingerprint density at radius 3 is 2.52 bits per heavy atom. The molecular formula is C12H16F3N5O. The second-order valence-corrected chi connectivity index (χ2v) is 5.73. The number of hydrogen-bond donors (Lipinski definition) is 3.